The van der Waals surface area contributed by atoms with Crippen molar-refractivity contribution < 1.29 is 0 Å². The highest BCUT2D eigenvalue weighted by atomic mass is 15.3. The summed E-state index contributed by atoms with van der Waals surface area (Å²) in [6.07, 6.45) is 8.69. The summed E-state index contributed by atoms with van der Waals surface area (Å²) in [5.74, 6) is 1.38. The number of hydrogen-bond donors (Lipinski definition) is 1. The maximum absolute atomic E-state index is 6.09. The van der Waals surface area contributed by atoms with Gasteiger partial charge in [-0.05, 0) is 37.5 Å². The van der Waals surface area contributed by atoms with E-state index in [1.165, 1.54) is 31.2 Å². The Bertz CT molecular complexity index is 553. The Balaban J connectivity index is 1.96. The Hall–Kier alpha value is -1.84. The van der Waals surface area contributed by atoms with Crippen LogP contribution in [0.1, 0.15) is 42.9 Å². The molecule has 2 aromatic rings. The molecular formula is C14H18N4. The molecule has 4 heteroatoms. The summed E-state index contributed by atoms with van der Waals surface area (Å²) in [5, 5.41) is 4.63. The first-order chi connectivity index (χ1) is 8.74. The molecule has 2 aromatic heterocycles. The highest BCUT2D eigenvalue weighted by Gasteiger charge is 2.22. The molecule has 0 saturated heterocycles. The van der Waals surface area contributed by atoms with Gasteiger partial charge in [0, 0.05) is 12.1 Å². The smallest absolute Gasteiger partial charge is 0.153 e. The van der Waals surface area contributed by atoms with Gasteiger partial charge in [0.15, 0.2) is 5.82 Å². The maximum Gasteiger partial charge on any atom is 0.153 e. The van der Waals surface area contributed by atoms with Crippen LogP contribution in [0, 0.1) is 6.92 Å². The van der Waals surface area contributed by atoms with E-state index in [1.54, 1.807) is 10.9 Å². The van der Waals surface area contributed by atoms with Crippen molar-refractivity contribution in [2.45, 2.75) is 38.5 Å². The fourth-order valence-electron chi connectivity index (χ4n) is 2.68. The van der Waals surface area contributed by atoms with Crippen LogP contribution in [0.15, 0.2) is 24.5 Å². The van der Waals surface area contributed by atoms with Crippen molar-refractivity contribution in [2.75, 3.05) is 5.73 Å². The summed E-state index contributed by atoms with van der Waals surface area (Å²) in [6.45, 7) is 2.05. The molecule has 4 nitrogen and oxygen atoms in total. The lowest BCUT2D eigenvalue weighted by Crippen LogP contribution is -2.01. The Morgan fingerprint density at radius 3 is 2.83 bits per heavy atom. The number of nitrogens with two attached hydrogens (primary N) is 1. The van der Waals surface area contributed by atoms with E-state index in [0.717, 1.165) is 17.2 Å². The number of aryl methyl sites for hydroxylation is 1. The quantitative estimate of drug-likeness (QED) is 0.881. The van der Waals surface area contributed by atoms with Crippen molar-refractivity contribution in [1.29, 1.82) is 0 Å². The molecule has 0 aliphatic heterocycles. The van der Waals surface area contributed by atoms with Crippen LogP contribution in [-0.4, -0.2) is 14.8 Å². The summed E-state index contributed by atoms with van der Waals surface area (Å²) >= 11 is 0. The van der Waals surface area contributed by atoms with Crippen LogP contribution in [-0.2, 0) is 0 Å². The third kappa shape index (κ3) is 1.98. The molecule has 94 valence electrons. The minimum absolute atomic E-state index is 0.538. The molecule has 0 bridgehead atoms. The van der Waals surface area contributed by atoms with Crippen LogP contribution < -0.4 is 5.73 Å². The first kappa shape index (κ1) is 11.3. The van der Waals surface area contributed by atoms with Gasteiger partial charge in [-0.1, -0.05) is 12.8 Å². The highest BCUT2D eigenvalue weighted by molar-refractivity contribution is 5.45. The first-order valence-corrected chi connectivity index (χ1v) is 6.52. The minimum atomic E-state index is 0.538. The molecule has 18 heavy (non-hydrogen) atoms. The molecule has 0 spiro atoms. The second-order valence-corrected chi connectivity index (χ2v) is 5.09. The molecule has 1 fully saturated rings. The Labute approximate surface area is 107 Å². The molecule has 3 rings (SSSR count). The lowest BCUT2D eigenvalue weighted by atomic mass is 10.0. The van der Waals surface area contributed by atoms with E-state index in [0.29, 0.717) is 5.92 Å². The van der Waals surface area contributed by atoms with Crippen LogP contribution >= 0.6 is 0 Å². The van der Waals surface area contributed by atoms with Crippen molar-refractivity contribution in [3.05, 3.63) is 35.8 Å². The molecular weight excluding hydrogens is 224 g/mol. The molecule has 1 aliphatic carbocycles. The summed E-state index contributed by atoms with van der Waals surface area (Å²) in [6, 6.07) is 4.00. The van der Waals surface area contributed by atoms with Crippen LogP contribution in [0.3, 0.4) is 0 Å². The van der Waals surface area contributed by atoms with E-state index in [-0.39, 0.29) is 0 Å². The second kappa shape index (κ2) is 4.44. The SMILES string of the molecule is Cc1ccnc(-n2cc(N)c(C3CCCC3)n2)c1. The molecule has 0 radical (unpaired) electrons. The fourth-order valence-corrected chi connectivity index (χ4v) is 2.68. The van der Waals surface area contributed by atoms with Crippen molar-refractivity contribution in [3.8, 4) is 5.82 Å². The monoisotopic (exact) mass is 242 g/mol. The topological polar surface area (TPSA) is 56.7 Å². The van der Waals surface area contributed by atoms with E-state index >= 15 is 0 Å². The summed E-state index contributed by atoms with van der Waals surface area (Å²) < 4.78 is 1.80. The lowest BCUT2D eigenvalue weighted by molar-refractivity contribution is 0.677. The van der Waals surface area contributed by atoms with Crippen molar-refractivity contribution in [1.82, 2.24) is 14.8 Å². The number of hydrogen-bond acceptors (Lipinski definition) is 3. The molecule has 1 saturated carbocycles. The largest absolute Gasteiger partial charge is 0.396 e. The van der Waals surface area contributed by atoms with Gasteiger partial charge in [0.05, 0.1) is 17.6 Å². The van der Waals surface area contributed by atoms with Crippen LogP contribution in [0.5, 0.6) is 0 Å². The second-order valence-electron chi connectivity index (χ2n) is 5.09. The van der Waals surface area contributed by atoms with Crippen LogP contribution in [0.4, 0.5) is 5.69 Å². The van der Waals surface area contributed by atoms with E-state index < -0.39 is 0 Å². The lowest BCUT2D eigenvalue weighted by Gasteiger charge is -2.05. The zero-order valence-electron chi connectivity index (χ0n) is 10.6. The summed E-state index contributed by atoms with van der Waals surface area (Å²) in [4.78, 5) is 4.34. The first-order valence-electron chi connectivity index (χ1n) is 6.52. The minimum Gasteiger partial charge on any atom is -0.396 e. The standard InChI is InChI=1S/C14H18N4/c1-10-6-7-16-13(8-10)18-9-12(15)14(17-18)11-4-2-3-5-11/h6-9,11H,2-5,15H2,1H3. The zero-order valence-corrected chi connectivity index (χ0v) is 10.6. The highest BCUT2D eigenvalue weighted by Crippen LogP contribution is 2.36. The molecule has 2 heterocycles. The number of nitrogen functional groups attached to an aromatic ring is 1. The Kier molecular flexibility index (Phi) is 2.78. The third-order valence-corrected chi connectivity index (χ3v) is 3.65. The molecule has 0 atom stereocenters. The molecule has 1 aliphatic rings. The van der Waals surface area contributed by atoms with Gasteiger partial charge < -0.3 is 5.73 Å². The predicted molar refractivity (Wildman–Crippen MR) is 71.7 cm³/mol. The van der Waals surface area contributed by atoms with E-state index in [4.69, 9.17) is 5.73 Å². The molecule has 0 unspecified atom stereocenters. The van der Waals surface area contributed by atoms with E-state index in [2.05, 4.69) is 17.0 Å². The van der Waals surface area contributed by atoms with Crippen molar-refractivity contribution >= 4 is 5.69 Å². The number of rotatable bonds is 2. The number of aromatic nitrogens is 3. The summed E-state index contributed by atoms with van der Waals surface area (Å²) in [7, 11) is 0. The zero-order chi connectivity index (χ0) is 12.5. The average molecular weight is 242 g/mol. The molecule has 0 amide bonds. The Morgan fingerprint density at radius 1 is 1.33 bits per heavy atom. The van der Waals surface area contributed by atoms with Crippen LogP contribution in [0.25, 0.3) is 5.82 Å². The van der Waals surface area contributed by atoms with Gasteiger partial charge in [-0.2, -0.15) is 5.10 Å². The fraction of sp³-hybridized carbons (Fsp3) is 0.429. The number of anilines is 1. The normalized spacial score (nSPS) is 16.3. The van der Waals surface area contributed by atoms with Gasteiger partial charge in [0.1, 0.15) is 0 Å². The van der Waals surface area contributed by atoms with Gasteiger partial charge >= 0.3 is 0 Å². The maximum atomic E-state index is 6.09. The van der Waals surface area contributed by atoms with E-state index in [1.807, 2.05) is 18.3 Å². The number of pyridine rings is 1. The van der Waals surface area contributed by atoms with Gasteiger partial charge in [0.25, 0.3) is 0 Å². The third-order valence-electron chi connectivity index (χ3n) is 3.65. The van der Waals surface area contributed by atoms with Crippen molar-refractivity contribution in [3.63, 3.8) is 0 Å². The summed E-state index contributed by atoms with van der Waals surface area (Å²) in [5.41, 5.74) is 9.11. The number of nitrogens with zero attached hydrogens (tertiary/aromatic N) is 3. The Morgan fingerprint density at radius 2 is 2.11 bits per heavy atom. The predicted octanol–water partition coefficient (Wildman–Crippen LogP) is 2.82. The van der Waals surface area contributed by atoms with Gasteiger partial charge in [0.2, 0.25) is 0 Å². The van der Waals surface area contributed by atoms with Gasteiger partial charge in [-0.25, -0.2) is 9.67 Å². The van der Waals surface area contributed by atoms with Gasteiger partial charge in [-0.3, -0.25) is 0 Å². The van der Waals surface area contributed by atoms with E-state index in [9.17, 15) is 0 Å². The van der Waals surface area contributed by atoms with Crippen LogP contribution in [0.2, 0.25) is 0 Å². The molecule has 0 aromatic carbocycles. The van der Waals surface area contributed by atoms with Crippen molar-refractivity contribution in [2.24, 2.45) is 0 Å². The average Bonchev–Trinajstić information content (AvgIpc) is 2.97. The van der Waals surface area contributed by atoms with Gasteiger partial charge in [-0.15, -0.1) is 0 Å². The molecule has 2 N–H and O–H groups in total.